The maximum Gasteiger partial charge on any atom is -0.00941 e. The summed E-state index contributed by atoms with van der Waals surface area (Å²) in [5.41, 5.74) is 4.95. The molecule has 0 radical (unpaired) electrons. The SMILES string of the molecule is c1ccc(C2CCC[C@@H]2P(C2CCCCC2)C2CCCCC2)cc1. The fourth-order valence-corrected chi connectivity index (χ4v) is 10.8. The maximum atomic E-state index is 2.43. The summed E-state index contributed by atoms with van der Waals surface area (Å²) in [5, 5.41) is 0. The largest absolute Gasteiger partial charge is 0.0965 e. The molecule has 24 heavy (non-hydrogen) atoms. The van der Waals surface area contributed by atoms with Crippen molar-refractivity contribution in [1.29, 1.82) is 0 Å². The van der Waals surface area contributed by atoms with Gasteiger partial charge in [-0.1, -0.05) is 83.2 Å². The van der Waals surface area contributed by atoms with Crippen molar-refractivity contribution in [3.05, 3.63) is 35.9 Å². The molecule has 3 aliphatic rings. The molecule has 2 atom stereocenters. The number of hydrogen-bond donors (Lipinski definition) is 0. The van der Waals surface area contributed by atoms with Gasteiger partial charge in [0.2, 0.25) is 0 Å². The summed E-state index contributed by atoms with van der Waals surface area (Å²) in [5.74, 6) is 0.890. The zero-order valence-corrected chi connectivity index (χ0v) is 16.2. The molecule has 132 valence electrons. The van der Waals surface area contributed by atoms with Crippen molar-refractivity contribution in [1.82, 2.24) is 0 Å². The Morgan fingerprint density at radius 2 is 1.17 bits per heavy atom. The van der Waals surface area contributed by atoms with Crippen molar-refractivity contribution in [3.63, 3.8) is 0 Å². The van der Waals surface area contributed by atoms with Crippen molar-refractivity contribution < 1.29 is 0 Å². The molecule has 1 aromatic carbocycles. The van der Waals surface area contributed by atoms with Crippen molar-refractivity contribution >= 4 is 7.92 Å². The van der Waals surface area contributed by atoms with Gasteiger partial charge in [0.1, 0.15) is 0 Å². The molecule has 1 aromatic rings. The molecular weight excluding hydrogens is 307 g/mol. The second kappa shape index (κ2) is 8.35. The van der Waals surface area contributed by atoms with Crippen LogP contribution in [0.2, 0.25) is 0 Å². The van der Waals surface area contributed by atoms with E-state index in [9.17, 15) is 0 Å². The van der Waals surface area contributed by atoms with Crippen LogP contribution in [0.25, 0.3) is 0 Å². The van der Waals surface area contributed by atoms with Crippen LogP contribution in [0.1, 0.15) is 95.0 Å². The highest BCUT2D eigenvalue weighted by molar-refractivity contribution is 7.60. The summed E-state index contributed by atoms with van der Waals surface area (Å²) < 4.78 is 0. The Kier molecular flexibility index (Phi) is 5.95. The van der Waals surface area contributed by atoms with Gasteiger partial charge in [-0.05, 0) is 67.0 Å². The van der Waals surface area contributed by atoms with Gasteiger partial charge < -0.3 is 0 Å². The molecule has 0 bridgehead atoms. The van der Waals surface area contributed by atoms with Gasteiger partial charge in [-0.25, -0.2) is 0 Å². The first-order chi connectivity index (χ1) is 11.9. The molecule has 4 rings (SSSR count). The lowest BCUT2D eigenvalue weighted by Gasteiger charge is -2.44. The van der Waals surface area contributed by atoms with Crippen LogP contribution in [0.15, 0.2) is 30.3 Å². The molecule has 0 aliphatic heterocycles. The van der Waals surface area contributed by atoms with Crippen molar-refractivity contribution in [2.24, 2.45) is 0 Å². The Bertz CT molecular complexity index is 466. The molecule has 0 aromatic heterocycles. The van der Waals surface area contributed by atoms with Crippen LogP contribution in [0.4, 0.5) is 0 Å². The molecule has 0 heterocycles. The minimum absolute atomic E-state index is 0.239. The fourth-order valence-electron chi connectivity index (χ4n) is 5.98. The third kappa shape index (κ3) is 3.75. The van der Waals surface area contributed by atoms with Crippen LogP contribution >= 0.6 is 7.92 Å². The zero-order valence-electron chi connectivity index (χ0n) is 15.3. The summed E-state index contributed by atoms with van der Waals surface area (Å²) in [6, 6.07) is 11.6. The molecule has 1 unspecified atom stereocenters. The van der Waals surface area contributed by atoms with E-state index in [0.717, 1.165) is 22.9 Å². The minimum Gasteiger partial charge on any atom is -0.0965 e. The molecule has 3 aliphatic carbocycles. The zero-order chi connectivity index (χ0) is 16.2. The summed E-state index contributed by atoms with van der Waals surface area (Å²) in [6.45, 7) is 0. The second-order valence-corrected chi connectivity index (χ2v) is 11.6. The van der Waals surface area contributed by atoms with Crippen LogP contribution in [0.5, 0.6) is 0 Å². The van der Waals surface area contributed by atoms with Crippen LogP contribution in [-0.4, -0.2) is 17.0 Å². The molecular formula is C23H35P. The molecule has 3 fully saturated rings. The van der Waals surface area contributed by atoms with Crippen LogP contribution in [0, 0.1) is 0 Å². The summed E-state index contributed by atoms with van der Waals surface area (Å²) in [6.07, 6.45) is 19.9. The number of benzene rings is 1. The van der Waals surface area contributed by atoms with Gasteiger partial charge in [0, 0.05) is 0 Å². The Morgan fingerprint density at radius 3 is 1.75 bits per heavy atom. The summed E-state index contributed by atoms with van der Waals surface area (Å²) in [4.78, 5) is 0. The predicted octanol–water partition coefficient (Wildman–Crippen LogP) is 7.47. The van der Waals surface area contributed by atoms with E-state index in [1.54, 1.807) is 31.2 Å². The average molecular weight is 343 g/mol. The highest BCUT2D eigenvalue weighted by Crippen LogP contribution is 2.65. The lowest BCUT2D eigenvalue weighted by atomic mass is 9.97. The first-order valence-electron chi connectivity index (χ1n) is 10.8. The Balaban J connectivity index is 1.58. The van der Waals surface area contributed by atoms with Crippen LogP contribution in [-0.2, 0) is 0 Å². The quantitative estimate of drug-likeness (QED) is 0.498. The molecule has 0 saturated heterocycles. The summed E-state index contributed by atoms with van der Waals surface area (Å²) in [7, 11) is 0.239. The van der Waals surface area contributed by atoms with Gasteiger partial charge in [-0.2, -0.15) is 0 Å². The predicted molar refractivity (Wildman–Crippen MR) is 107 cm³/mol. The molecule has 0 amide bonds. The van der Waals surface area contributed by atoms with E-state index in [0.29, 0.717) is 0 Å². The van der Waals surface area contributed by atoms with Crippen molar-refractivity contribution in [3.8, 4) is 0 Å². The minimum atomic E-state index is 0.239. The third-order valence-electron chi connectivity index (χ3n) is 7.08. The van der Waals surface area contributed by atoms with E-state index in [1.165, 1.54) is 57.8 Å². The normalized spacial score (nSPS) is 30.0. The van der Waals surface area contributed by atoms with Crippen molar-refractivity contribution in [2.75, 3.05) is 0 Å². The smallest absolute Gasteiger partial charge is 0.00941 e. The van der Waals surface area contributed by atoms with E-state index in [2.05, 4.69) is 30.3 Å². The van der Waals surface area contributed by atoms with E-state index in [1.807, 2.05) is 0 Å². The van der Waals surface area contributed by atoms with E-state index < -0.39 is 0 Å². The van der Waals surface area contributed by atoms with E-state index in [4.69, 9.17) is 0 Å². The molecule has 0 spiro atoms. The Morgan fingerprint density at radius 1 is 0.583 bits per heavy atom. The van der Waals surface area contributed by atoms with Crippen LogP contribution < -0.4 is 0 Å². The summed E-state index contributed by atoms with van der Waals surface area (Å²) >= 11 is 0. The lowest BCUT2D eigenvalue weighted by molar-refractivity contribution is 0.478. The van der Waals surface area contributed by atoms with E-state index in [-0.39, 0.29) is 7.92 Å². The standard InChI is InChI=1S/C23H35P/c1-4-11-19(12-5-1)22-17-10-18-23(22)24(20-13-6-2-7-14-20)21-15-8-3-9-16-21/h1,4-5,11-12,20-23H,2-3,6-10,13-18H2/t22?,23-/m0/s1. The first-order valence-corrected chi connectivity index (χ1v) is 12.3. The van der Waals surface area contributed by atoms with Gasteiger partial charge in [0.15, 0.2) is 0 Å². The van der Waals surface area contributed by atoms with Gasteiger partial charge in [-0.3, -0.25) is 0 Å². The van der Waals surface area contributed by atoms with Gasteiger partial charge in [0.25, 0.3) is 0 Å². The van der Waals surface area contributed by atoms with Gasteiger partial charge in [-0.15, -0.1) is 0 Å². The second-order valence-electron chi connectivity index (χ2n) is 8.55. The maximum absolute atomic E-state index is 2.43. The molecule has 1 heteroatoms. The van der Waals surface area contributed by atoms with Gasteiger partial charge >= 0.3 is 0 Å². The Labute approximate surface area is 150 Å². The topological polar surface area (TPSA) is 0 Å². The van der Waals surface area contributed by atoms with Crippen molar-refractivity contribution in [2.45, 2.75) is 106 Å². The molecule has 0 N–H and O–H groups in total. The Hall–Kier alpha value is -0.350. The van der Waals surface area contributed by atoms with Crippen LogP contribution in [0.3, 0.4) is 0 Å². The number of hydrogen-bond acceptors (Lipinski definition) is 0. The highest BCUT2D eigenvalue weighted by Gasteiger charge is 2.41. The van der Waals surface area contributed by atoms with Gasteiger partial charge in [0.05, 0.1) is 0 Å². The average Bonchev–Trinajstić information content (AvgIpc) is 3.14. The van der Waals surface area contributed by atoms with E-state index >= 15 is 0 Å². The lowest BCUT2D eigenvalue weighted by Crippen LogP contribution is -2.28. The highest BCUT2D eigenvalue weighted by atomic mass is 31.1. The third-order valence-corrected chi connectivity index (χ3v) is 11.2. The monoisotopic (exact) mass is 342 g/mol. The fraction of sp³-hybridized carbons (Fsp3) is 0.739. The first kappa shape index (κ1) is 17.1. The molecule has 3 saturated carbocycles. The molecule has 0 nitrogen and oxygen atoms in total. The number of rotatable bonds is 4.